The van der Waals surface area contributed by atoms with Crippen LogP contribution in [0.25, 0.3) is 16.9 Å². The molecule has 1 N–H and O–H groups in total. The predicted octanol–water partition coefficient (Wildman–Crippen LogP) is 1.95. The summed E-state index contributed by atoms with van der Waals surface area (Å²) in [5.74, 6) is 0.342. The Morgan fingerprint density at radius 1 is 1.07 bits per heavy atom. The Morgan fingerprint density at radius 3 is 2.67 bits per heavy atom. The Hall–Kier alpha value is -3.68. The molecule has 0 saturated carbocycles. The molecule has 3 aromatic heterocycles. The minimum absolute atomic E-state index is 0.136. The molecule has 0 bridgehead atoms. The lowest BCUT2D eigenvalue weighted by Gasteiger charge is -2.10. The van der Waals surface area contributed by atoms with Gasteiger partial charge in [-0.15, -0.1) is 0 Å². The number of imidazole rings is 1. The third-order valence-corrected chi connectivity index (χ3v) is 4.40. The molecule has 0 atom stereocenters. The van der Waals surface area contributed by atoms with Gasteiger partial charge in [0.25, 0.3) is 0 Å². The molecule has 8 nitrogen and oxygen atoms in total. The van der Waals surface area contributed by atoms with E-state index in [2.05, 4.69) is 15.4 Å². The fourth-order valence-electron chi connectivity index (χ4n) is 3.08. The van der Waals surface area contributed by atoms with Crippen molar-refractivity contribution in [3.05, 3.63) is 71.5 Å². The van der Waals surface area contributed by atoms with Crippen LogP contribution in [0, 0.1) is 0 Å². The minimum atomic E-state index is -0.198. The summed E-state index contributed by atoms with van der Waals surface area (Å²) >= 11 is 0. The average Bonchev–Trinajstić information content (AvgIpc) is 3.30. The summed E-state index contributed by atoms with van der Waals surface area (Å²) in [4.78, 5) is 29.2. The number of para-hydroxylation sites is 2. The Kier molecular flexibility index (Phi) is 4.29. The van der Waals surface area contributed by atoms with E-state index in [1.165, 1.54) is 0 Å². The molecule has 1 amide bonds. The van der Waals surface area contributed by atoms with Crippen LogP contribution in [-0.2, 0) is 18.4 Å². The first-order valence-electron chi connectivity index (χ1n) is 8.54. The van der Waals surface area contributed by atoms with E-state index in [0.29, 0.717) is 18.1 Å². The van der Waals surface area contributed by atoms with Crippen LogP contribution in [-0.4, -0.2) is 29.8 Å². The highest BCUT2D eigenvalue weighted by molar-refractivity contribution is 5.92. The van der Waals surface area contributed by atoms with Crippen LogP contribution in [0.2, 0.25) is 0 Å². The van der Waals surface area contributed by atoms with Crippen LogP contribution in [0.1, 0.15) is 6.42 Å². The highest BCUT2D eigenvalue weighted by Crippen LogP contribution is 2.17. The van der Waals surface area contributed by atoms with Gasteiger partial charge in [0.15, 0.2) is 5.82 Å². The van der Waals surface area contributed by atoms with Gasteiger partial charge in [0.2, 0.25) is 5.91 Å². The Balaban J connectivity index is 1.52. The van der Waals surface area contributed by atoms with E-state index in [0.717, 1.165) is 11.0 Å². The maximum absolute atomic E-state index is 12.5. The Morgan fingerprint density at radius 2 is 1.89 bits per heavy atom. The van der Waals surface area contributed by atoms with Gasteiger partial charge in [0, 0.05) is 38.6 Å². The van der Waals surface area contributed by atoms with Crippen LogP contribution in [0.4, 0.5) is 5.69 Å². The van der Waals surface area contributed by atoms with E-state index in [1.807, 2.05) is 24.3 Å². The largest absolute Gasteiger partial charge is 0.328 e. The average molecular weight is 362 g/mol. The van der Waals surface area contributed by atoms with Crippen molar-refractivity contribution in [1.82, 2.24) is 23.9 Å². The number of carbonyl (C=O) groups is 1. The first-order chi connectivity index (χ1) is 13.1. The zero-order valence-corrected chi connectivity index (χ0v) is 14.7. The van der Waals surface area contributed by atoms with Crippen molar-refractivity contribution in [3.8, 4) is 5.82 Å². The number of hydrogen-bond donors (Lipinski definition) is 1. The normalized spacial score (nSPS) is 11.0. The summed E-state index contributed by atoms with van der Waals surface area (Å²) in [5.41, 5.74) is 2.09. The molecule has 27 heavy (non-hydrogen) atoms. The molecule has 0 aliphatic rings. The van der Waals surface area contributed by atoms with Gasteiger partial charge in [-0.25, -0.2) is 14.5 Å². The van der Waals surface area contributed by atoms with Gasteiger partial charge in [0.05, 0.1) is 16.7 Å². The van der Waals surface area contributed by atoms with Crippen molar-refractivity contribution >= 4 is 22.6 Å². The lowest BCUT2D eigenvalue weighted by atomic mass is 10.3. The monoisotopic (exact) mass is 362 g/mol. The zero-order valence-electron chi connectivity index (χ0n) is 14.7. The van der Waals surface area contributed by atoms with Crippen molar-refractivity contribution in [2.75, 3.05) is 5.32 Å². The molecule has 3 heterocycles. The van der Waals surface area contributed by atoms with Crippen molar-refractivity contribution in [2.24, 2.45) is 7.05 Å². The number of nitrogens with zero attached hydrogens (tertiary/aromatic N) is 5. The molecule has 0 radical (unpaired) electrons. The molecule has 136 valence electrons. The second-order valence-electron chi connectivity index (χ2n) is 6.11. The molecule has 4 rings (SSSR count). The van der Waals surface area contributed by atoms with E-state index in [1.54, 1.807) is 57.7 Å². The molecule has 0 fully saturated rings. The molecule has 0 saturated heterocycles. The Bertz CT molecular complexity index is 1160. The molecular weight excluding hydrogens is 344 g/mol. The van der Waals surface area contributed by atoms with Crippen LogP contribution in [0.3, 0.4) is 0 Å². The van der Waals surface area contributed by atoms with E-state index >= 15 is 0 Å². The third-order valence-electron chi connectivity index (χ3n) is 4.40. The van der Waals surface area contributed by atoms with Gasteiger partial charge >= 0.3 is 5.69 Å². The number of aryl methyl sites for hydroxylation is 2. The van der Waals surface area contributed by atoms with Gasteiger partial charge in [-0.2, -0.15) is 5.10 Å². The minimum Gasteiger partial charge on any atom is -0.323 e. The molecule has 8 heteroatoms. The van der Waals surface area contributed by atoms with Crippen molar-refractivity contribution in [3.63, 3.8) is 0 Å². The smallest absolute Gasteiger partial charge is 0.323 e. The molecule has 0 aliphatic heterocycles. The molecule has 0 aliphatic carbocycles. The quantitative estimate of drug-likeness (QED) is 0.588. The first-order valence-corrected chi connectivity index (χ1v) is 8.54. The number of nitrogens with one attached hydrogen (secondary N) is 1. The zero-order chi connectivity index (χ0) is 18.8. The lowest BCUT2D eigenvalue weighted by Crippen LogP contribution is -2.24. The second-order valence-corrected chi connectivity index (χ2v) is 6.11. The molecular formula is C19H18N6O2. The molecule has 0 spiro atoms. The van der Waals surface area contributed by atoms with Crippen molar-refractivity contribution in [2.45, 2.75) is 13.0 Å². The summed E-state index contributed by atoms with van der Waals surface area (Å²) in [6.45, 7) is 0.295. The first kappa shape index (κ1) is 16.8. The summed E-state index contributed by atoms with van der Waals surface area (Å²) in [7, 11) is 1.73. The topological polar surface area (TPSA) is 86.7 Å². The van der Waals surface area contributed by atoms with Crippen LogP contribution >= 0.6 is 0 Å². The van der Waals surface area contributed by atoms with Gasteiger partial charge in [-0.3, -0.25) is 13.9 Å². The number of rotatable bonds is 5. The van der Waals surface area contributed by atoms with E-state index in [4.69, 9.17) is 0 Å². The summed E-state index contributed by atoms with van der Waals surface area (Å²) in [5, 5.41) is 7.01. The van der Waals surface area contributed by atoms with Gasteiger partial charge in [0.1, 0.15) is 0 Å². The summed E-state index contributed by atoms with van der Waals surface area (Å²) in [6, 6.07) is 12.8. The van der Waals surface area contributed by atoms with E-state index in [9.17, 15) is 9.59 Å². The van der Waals surface area contributed by atoms with E-state index < -0.39 is 0 Å². The molecule has 1 aromatic carbocycles. The Labute approximate surface area is 154 Å². The number of fused-ring (bicyclic) bond motifs is 1. The highest BCUT2D eigenvalue weighted by Gasteiger charge is 2.13. The van der Waals surface area contributed by atoms with Crippen LogP contribution in [0.15, 0.2) is 65.8 Å². The highest BCUT2D eigenvalue weighted by atomic mass is 16.2. The maximum Gasteiger partial charge on any atom is 0.328 e. The standard InChI is InChI=1S/C19H18N6O2/c1-23-15-7-2-3-8-16(15)24(19(23)27)13-9-17(26)22-14-6-4-10-20-18(14)25-12-5-11-21-25/h2-8,10-12H,9,13H2,1H3,(H,22,26). The molecule has 0 unspecified atom stereocenters. The molecule has 4 aromatic rings. The van der Waals surface area contributed by atoms with E-state index in [-0.39, 0.29) is 18.0 Å². The van der Waals surface area contributed by atoms with Gasteiger partial charge in [-0.1, -0.05) is 12.1 Å². The van der Waals surface area contributed by atoms with Gasteiger partial charge < -0.3 is 5.32 Å². The van der Waals surface area contributed by atoms with Crippen molar-refractivity contribution < 1.29 is 4.79 Å². The number of hydrogen-bond acceptors (Lipinski definition) is 4. The predicted molar refractivity (Wildman–Crippen MR) is 102 cm³/mol. The number of aromatic nitrogens is 5. The number of anilines is 1. The number of pyridine rings is 1. The van der Waals surface area contributed by atoms with Crippen molar-refractivity contribution in [1.29, 1.82) is 0 Å². The van der Waals surface area contributed by atoms with Crippen LogP contribution in [0.5, 0.6) is 0 Å². The second kappa shape index (κ2) is 6.91. The third kappa shape index (κ3) is 3.12. The number of carbonyl (C=O) groups excluding carboxylic acids is 1. The number of benzene rings is 1. The van der Waals surface area contributed by atoms with Gasteiger partial charge in [-0.05, 0) is 30.3 Å². The fraction of sp³-hybridized carbons (Fsp3) is 0.158. The summed E-state index contributed by atoms with van der Waals surface area (Å²) in [6.07, 6.45) is 5.21. The fourth-order valence-corrected chi connectivity index (χ4v) is 3.08. The summed E-state index contributed by atoms with van der Waals surface area (Å²) < 4.78 is 4.79. The number of amides is 1. The SMILES string of the molecule is Cn1c(=O)n(CCC(=O)Nc2cccnc2-n2cccn2)c2ccccc21. The van der Waals surface area contributed by atoms with Crippen LogP contribution < -0.4 is 11.0 Å². The maximum atomic E-state index is 12.5. The lowest BCUT2D eigenvalue weighted by molar-refractivity contribution is -0.116.